The number of nitrogens with zero attached hydrogens (tertiary/aromatic N) is 8. The van der Waals surface area contributed by atoms with Gasteiger partial charge in [0.05, 0.1) is 27.8 Å². The van der Waals surface area contributed by atoms with Gasteiger partial charge in [-0.15, -0.1) is 0 Å². The standard InChI is InChI=1S/C66H42N8/c1-6-22-43(23-7-1)48-38-39-59-53(40-48)52-34-18-19-35-56(52)73(59)49-41-54(65-69-61(44-24-8-2-9-25-44)67-62(70-65)45-26-10-3-11-27-45)60(74-57-36-20-16-32-50(57)51-33-17-21-37-58(51)74)55(42-49)66-71-63(46-28-12-4-13-29-46)68-64(72-66)47-30-14-5-15-31-47/h1-42H. The zero-order valence-electron chi connectivity index (χ0n) is 39.8. The van der Waals surface area contributed by atoms with Crippen LogP contribution in [0, 0.1) is 0 Å². The Morgan fingerprint density at radius 2 is 0.527 bits per heavy atom. The monoisotopic (exact) mass is 946 g/mol. The van der Waals surface area contributed by atoms with Crippen LogP contribution in [0.5, 0.6) is 0 Å². The Morgan fingerprint density at radius 3 is 0.932 bits per heavy atom. The number of rotatable bonds is 9. The van der Waals surface area contributed by atoms with E-state index in [2.05, 4.69) is 143 Å². The fourth-order valence-electron chi connectivity index (χ4n) is 10.4. The fraction of sp³-hybridized carbons (Fsp3) is 0. The molecule has 8 heteroatoms. The highest BCUT2D eigenvalue weighted by Crippen LogP contribution is 2.44. The first-order valence-corrected chi connectivity index (χ1v) is 24.7. The van der Waals surface area contributed by atoms with Gasteiger partial charge in [-0.2, -0.15) is 0 Å². The van der Waals surface area contributed by atoms with Crippen LogP contribution in [0.4, 0.5) is 0 Å². The third-order valence-corrected chi connectivity index (χ3v) is 13.8. The highest BCUT2D eigenvalue weighted by Gasteiger charge is 2.27. The number of aromatic nitrogens is 8. The highest BCUT2D eigenvalue weighted by molar-refractivity contribution is 6.12. The average Bonchev–Trinajstić information content (AvgIpc) is 4.00. The van der Waals surface area contributed by atoms with Gasteiger partial charge in [0.15, 0.2) is 34.9 Å². The second-order valence-corrected chi connectivity index (χ2v) is 18.3. The third kappa shape index (κ3) is 7.40. The molecule has 0 radical (unpaired) electrons. The number of para-hydroxylation sites is 3. The molecular weight excluding hydrogens is 905 g/mol. The SMILES string of the molecule is c1ccc(-c2ccc3c(c2)c2ccccc2n3-c2cc(-c3nc(-c4ccccc4)nc(-c4ccccc4)n3)c(-n3c4ccccc4c4ccccc43)c(-c3nc(-c4ccccc4)nc(-c4ccccc4)n3)c2)cc1. The van der Waals surface area contributed by atoms with E-state index in [0.29, 0.717) is 34.9 Å². The molecule has 14 aromatic rings. The van der Waals surface area contributed by atoms with Crippen molar-refractivity contribution in [2.24, 2.45) is 0 Å². The summed E-state index contributed by atoms with van der Waals surface area (Å²) in [5, 5.41) is 4.48. The van der Waals surface area contributed by atoms with Crippen LogP contribution in [0.1, 0.15) is 0 Å². The maximum absolute atomic E-state index is 5.49. The average molecular weight is 947 g/mol. The van der Waals surface area contributed by atoms with E-state index >= 15 is 0 Å². The Kier molecular flexibility index (Phi) is 10.3. The molecule has 0 unspecified atom stereocenters. The van der Waals surface area contributed by atoms with Gasteiger partial charge in [0.2, 0.25) is 0 Å². The van der Waals surface area contributed by atoms with Crippen LogP contribution in [0.3, 0.4) is 0 Å². The van der Waals surface area contributed by atoms with E-state index in [1.807, 2.05) is 121 Å². The molecule has 0 aliphatic carbocycles. The number of benzene rings is 10. The van der Waals surface area contributed by atoms with E-state index in [4.69, 9.17) is 29.9 Å². The summed E-state index contributed by atoms with van der Waals surface area (Å²) in [6, 6.07) is 88.2. The van der Waals surface area contributed by atoms with Crippen molar-refractivity contribution in [1.82, 2.24) is 39.0 Å². The summed E-state index contributed by atoms with van der Waals surface area (Å²) in [5.41, 5.74) is 13.1. The molecule has 74 heavy (non-hydrogen) atoms. The second-order valence-electron chi connectivity index (χ2n) is 18.3. The summed E-state index contributed by atoms with van der Waals surface area (Å²) in [5.74, 6) is 3.20. The molecule has 0 aliphatic heterocycles. The molecule has 0 bridgehead atoms. The minimum absolute atomic E-state index is 0.491. The summed E-state index contributed by atoms with van der Waals surface area (Å²) >= 11 is 0. The predicted molar refractivity (Wildman–Crippen MR) is 300 cm³/mol. The molecule has 0 saturated heterocycles. The normalized spacial score (nSPS) is 11.5. The molecular formula is C66H42N8. The summed E-state index contributed by atoms with van der Waals surface area (Å²) in [7, 11) is 0. The lowest BCUT2D eigenvalue weighted by molar-refractivity contribution is 1.05. The molecule has 4 heterocycles. The molecule has 0 N–H and O–H groups in total. The van der Waals surface area contributed by atoms with E-state index in [1.54, 1.807) is 0 Å². The van der Waals surface area contributed by atoms with E-state index in [0.717, 1.165) is 99.5 Å². The third-order valence-electron chi connectivity index (χ3n) is 13.8. The van der Waals surface area contributed by atoms with Crippen molar-refractivity contribution in [1.29, 1.82) is 0 Å². The summed E-state index contributed by atoms with van der Waals surface area (Å²) in [6.07, 6.45) is 0. The Balaban J connectivity index is 1.17. The number of hydrogen-bond donors (Lipinski definition) is 0. The largest absolute Gasteiger partial charge is 0.309 e. The van der Waals surface area contributed by atoms with Gasteiger partial charge in [0.25, 0.3) is 0 Å². The first kappa shape index (κ1) is 42.7. The zero-order chi connectivity index (χ0) is 49.0. The van der Waals surface area contributed by atoms with Gasteiger partial charge < -0.3 is 9.13 Å². The molecule has 10 aromatic carbocycles. The van der Waals surface area contributed by atoms with Crippen molar-refractivity contribution in [3.8, 4) is 90.8 Å². The van der Waals surface area contributed by atoms with Gasteiger partial charge in [-0.25, -0.2) is 29.9 Å². The first-order valence-electron chi connectivity index (χ1n) is 24.7. The fourth-order valence-corrected chi connectivity index (χ4v) is 10.4. The van der Waals surface area contributed by atoms with Gasteiger partial charge in [-0.05, 0) is 53.6 Å². The molecule has 0 spiro atoms. The van der Waals surface area contributed by atoms with E-state index in [9.17, 15) is 0 Å². The highest BCUT2D eigenvalue weighted by atomic mass is 15.1. The zero-order valence-corrected chi connectivity index (χ0v) is 39.8. The Bertz CT molecular complexity index is 4080. The lowest BCUT2D eigenvalue weighted by Crippen LogP contribution is -2.09. The van der Waals surface area contributed by atoms with Crippen LogP contribution in [0.15, 0.2) is 255 Å². The van der Waals surface area contributed by atoms with Crippen LogP contribution in [0.25, 0.3) is 134 Å². The maximum atomic E-state index is 5.49. The van der Waals surface area contributed by atoms with E-state index < -0.39 is 0 Å². The summed E-state index contributed by atoms with van der Waals surface area (Å²) in [6.45, 7) is 0. The molecule has 0 aliphatic rings. The molecule has 8 nitrogen and oxygen atoms in total. The Morgan fingerprint density at radius 1 is 0.216 bits per heavy atom. The molecule has 4 aromatic heterocycles. The van der Waals surface area contributed by atoms with Crippen LogP contribution >= 0.6 is 0 Å². The molecule has 0 amide bonds. The minimum Gasteiger partial charge on any atom is -0.309 e. The molecule has 0 atom stereocenters. The van der Waals surface area contributed by atoms with Crippen molar-refractivity contribution < 1.29 is 0 Å². The van der Waals surface area contributed by atoms with Gasteiger partial charge >= 0.3 is 0 Å². The molecule has 0 saturated carbocycles. The Hall–Kier alpha value is -10.2. The van der Waals surface area contributed by atoms with Crippen molar-refractivity contribution in [3.05, 3.63) is 255 Å². The Labute approximate surface area is 426 Å². The summed E-state index contributed by atoms with van der Waals surface area (Å²) in [4.78, 5) is 32.3. The number of fused-ring (bicyclic) bond motifs is 6. The molecule has 346 valence electrons. The minimum atomic E-state index is 0.491. The van der Waals surface area contributed by atoms with Crippen LogP contribution in [-0.2, 0) is 0 Å². The van der Waals surface area contributed by atoms with E-state index in [1.165, 1.54) is 0 Å². The van der Waals surface area contributed by atoms with Gasteiger partial charge in [0, 0.05) is 60.6 Å². The first-order chi connectivity index (χ1) is 36.7. The maximum Gasteiger partial charge on any atom is 0.166 e. The second kappa shape index (κ2) is 17.9. The quantitative estimate of drug-likeness (QED) is 0.143. The molecule has 0 fully saturated rings. The summed E-state index contributed by atoms with van der Waals surface area (Å²) < 4.78 is 4.70. The van der Waals surface area contributed by atoms with Crippen LogP contribution < -0.4 is 0 Å². The number of hydrogen-bond acceptors (Lipinski definition) is 6. The van der Waals surface area contributed by atoms with Crippen LogP contribution in [0.2, 0.25) is 0 Å². The van der Waals surface area contributed by atoms with E-state index in [-0.39, 0.29) is 0 Å². The van der Waals surface area contributed by atoms with Crippen molar-refractivity contribution in [2.45, 2.75) is 0 Å². The molecule has 14 rings (SSSR count). The van der Waals surface area contributed by atoms with Gasteiger partial charge in [0.1, 0.15) is 0 Å². The van der Waals surface area contributed by atoms with Crippen molar-refractivity contribution in [3.63, 3.8) is 0 Å². The lowest BCUT2D eigenvalue weighted by atomic mass is 10.0. The lowest BCUT2D eigenvalue weighted by Gasteiger charge is -2.21. The smallest absolute Gasteiger partial charge is 0.166 e. The van der Waals surface area contributed by atoms with Crippen molar-refractivity contribution >= 4 is 43.6 Å². The van der Waals surface area contributed by atoms with Crippen LogP contribution in [-0.4, -0.2) is 39.0 Å². The van der Waals surface area contributed by atoms with Gasteiger partial charge in [-0.1, -0.05) is 212 Å². The van der Waals surface area contributed by atoms with Crippen molar-refractivity contribution in [2.75, 3.05) is 0 Å². The van der Waals surface area contributed by atoms with Gasteiger partial charge in [-0.3, -0.25) is 0 Å². The topological polar surface area (TPSA) is 87.2 Å². The predicted octanol–water partition coefficient (Wildman–Crippen LogP) is 15.9.